The number of rotatable bonds is 4. The van der Waals surface area contributed by atoms with Gasteiger partial charge in [-0.1, -0.05) is 30.3 Å². The lowest BCUT2D eigenvalue weighted by Gasteiger charge is -2.17. The minimum absolute atomic E-state index is 0.0282. The van der Waals surface area contributed by atoms with Crippen molar-refractivity contribution >= 4 is 5.91 Å². The zero-order valence-electron chi connectivity index (χ0n) is 10.2. The van der Waals surface area contributed by atoms with Crippen LogP contribution in [0.1, 0.15) is 24.8 Å². The van der Waals surface area contributed by atoms with Gasteiger partial charge in [0.05, 0.1) is 24.7 Å². The first-order valence-corrected chi connectivity index (χ1v) is 6.44. The highest BCUT2D eigenvalue weighted by atomic mass is 16.7. The maximum absolute atomic E-state index is 11.9. The Morgan fingerprint density at radius 2 is 2.17 bits per heavy atom. The summed E-state index contributed by atoms with van der Waals surface area (Å²) < 4.78 is 5.65. The van der Waals surface area contributed by atoms with Crippen molar-refractivity contribution in [3.63, 3.8) is 0 Å². The van der Waals surface area contributed by atoms with E-state index in [9.17, 15) is 4.79 Å². The van der Waals surface area contributed by atoms with Crippen molar-refractivity contribution in [2.24, 2.45) is 5.92 Å². The lowest BCUT2D eigenvalue weighted by Crippen LogP contribution is -2.35. The molecule has 1 aromatic rings. The van der Waals surface area contributed by atoms with E-state index in [1.807, 2.05) is 30.3 Å². The summed E-state index contributed by atoms with van der Waals surface area (Å²) >= 11 is 0. The highest BCUT2D eigenvalue weighted by Crippen LogP contribution is 2.38. The van der Waals surface area contributed by atoms with Crippen molar-refractivity contribution in [2.45, 2.75) is 38.1 Å². The van der Waals surface area contributed by atoms with Gasteiger partial charge in [0.2, 0.25) is 5.91 Å². The lowest BCUT2D eigenvalue weighted by atomic mass is 9.89. The molecule has 0 aromatic heterocycles. The number of amides is 1. The predicted octanol–water partition coefficient (Wildman–Crippen LogP) is 1.80. The Balaban J connectivity index is 1.45. The summed E-state index contributed by atoms with van der Waals surface area (Å²) in [6.45, 7) is 0.397. The minimum atomic E-state index is -0.0434. The van der Waals surface area contributed by atoms with Gasteiger partial charge in [-0.3, -0.25) is 9.63 Å². The molecule has 0 unspecified atom stereocenters. The molecule has 2 aliphatic heterocycles. The second-order valence-electron chi connectivity index (χ2n) is 4.96. The first-order valence-electron chi connectivity index (χ1n) is 6.44. The first-order chi connectivity index (χ1) is 8.83. The number of benzene rings is 1. The van der Waals surface area contributed by atoms with E-state index in [1.54, 1.807) is 0 Å². The van der Waals surface area contributed by atoms with E-state index < -0.39 is 0 Å². The van der Waals surface area contributed by atoms with Crippen molar-refractivity contribution in [2.75, 3.05) is 0 Å². The summed E-state index contributed by atoms with van der Waals surface area (Å²) in [4.78, 5) is 17.2. The molecule has 18 heavy (non-hydrogen) atoms. The molecule has 4 nitrogen and oxygen atoms in total. The third-order valence-electron chi connectivity index (χ3n) is 3.70. The number of nitrogens with one attached hydrogen (secondary N) is 1. The van der Waals surface area contributed by atoms with Crippen LogP contribution in [0.25, 0.3) is 0 Å². The summed E-state index contributed by atoms with van der Waals surface area (Å²) in [5, 5.41) is 0. The second-order valence-corrected chi connectivity index (χ2v) is 4.96. The molecular weight excluding hydrogens is 230 g/mol. The average molecular weight is 247 g/mol. The van der Waals surface area contributed by atoms with E-state index in [1.165, 1.54) is 0 Å². The van der Waals surface area contributed by atoms with Crippen LogP contribution in [0.3, 0.4) is 0 Å². The Morgan fingerprint density at radius 3 is 2.83 bits per heavy atom. The molecule has 2 heterocycles. The van der Waals surface area contributed by atoms with Crippen molar-refractivity contribution in [1.29, 1.82) is 0 Å². The molecular formula is C14H17NO3. The Morgan fingerprint density at radius 1 is 1.33 bits per heavy atom. The highest BCUT2D eigenvalue weighted by Gasteiger charge is 2.44. The number of fused-ring (bicyclic) bond motifs is 2. The maximum Gasteiger partial charge on any atom is 0.249 e. The first kappa shape index (κ1) is 11.7. The zero-order valence-corrected chi connectivity index (χ0v) is 10.2. The summed E-state index contributed by atoms with van der Waals surface area (Å²) in [6.07, 6.45) is 3.33. The molecule has 0 spiro atoms. The van der Waals surface area contributed by atoms with Gasteiger partial charge in [-0.2, -0.15) is 0 Å². The van der Waals surface area contributed by atoms with Crippen LogP contribution in [0.4, 0.5) is 0 Å². The van der Waals surface area contributed by atoms with Gasteiger partial charge in [0, 0.05) is 0 Å². The molecule has 1 amide bonds. The fraction of sp³-hybridized carbons (Fsp3) is 0.500. The Hall–Kier alpha value is -1.39. The van der Waals surface area contributed by atoms with Crippen LogP contribution in [0.2, 0.25) is 0 Å². The number of hydrogen-bond acceptors (Lipinski definition) is 3. The van der Waals surface area contributed by atoms with Crippen molar-refractivity contribution in [3.05, 3.63) is 35.9 Å². The zero-order chi connectivity index (χ0) is 12.4. The molecule has 1 N–H and O–H groups in total. The maximum atomic E-state index is 11.9. The molecule has 2 aliphatic rings. The van der Waals surface area contributed by atoms with Crippen molar-refractivity contribution in [1.82, 2.24) is 5.48 Å². The molecule has 3 atom stereocenters. The van der Waals surface area contributed by atoms with Gasteiger partial charge in [-0.05, 0) is 24.8 Å². The number of hydroxylamine groups is 1. The van der Waals surface area contributed by atoms with Gasteiger partial charge in [-0.15, -0.1) is 0 Å². The fourth-order valence-electron chi connectivity index (χ4n) is 2.75. The van der Waals surface area contributed by atoms with Crippen LogP contribution in [0.15, 0.2) is 30.3 Å². The summed E-state index contributed by atoms with van der Waals surface area (Å²) in [5.41, 5.74) is 3.58. The molecule has 3 rings (SSSR count). The molecule has 4 heteroatoms. The third-order valence-corrected chi connectivity index (χ3v) is 3.70. The summed E-state index contributed by atoms with van der Waals surface area (Å²) in [7, 11) is 0. The van der Waals surface area contributed by atoms with Gasteiger partial charge < -0.3 is 4.74 Å². The fourth-order valence-corrected chi connectivity index (χ4v) is 2.75. The third kappa shape index (κ3) is 2.40. The molecule has 0 aliphatic carbocycles. The van der Waals surface area contributed by atoms with Crippen LogP contribution in [0, 0.1) is 5.92 Å². The van der Waals surface area contributed by atoms with E-state index in [0.717, 1.165) is 24.8 Å². The molecule has 0 radical (unpaired) electrons. The van der Waals surface area contributed by atoms with E-state index >= 15 is 0 Å². The second kappa shape index (κ2) is 5.08. The van der Waals surface area contributed by atoms with Crippen LogP contribution < -0.4 is 5.48 Å². The van der Waals surface area contributed by atoms with Gasteiger partial charge >= 0.3 is 0 Å². The van der Waals surface area contributed by atoms with Gasteiger partial charge in [-0.25, -0.2) is 5.48 Å². The largest absolute Gasteiger partial charge is 0.374 e. The van der Waals surface area contributed by atoms with Crippen LogP contribution in [0.5, 0.6) is 0 Å². The minimum Gasteiger partial charge on any atom is -0.374 e. The smallest absolute Gasteiger partial charge is 0.249 e. The molecule has 1 aromatic carbocycles. The standard InChI is InChI=1S/C14H17NO3/c16-14(12-8-11-6-7-13(12)18-11)15-17-9-10-4-2-1-3-5-10/h1-5,11-13H,6-9H2,(H,15,16)/t11-,12+,13+/m0/s1. The van der Waals surface area contributed by atoms with Gasteiger partial charge in [0.1, 0.15) is 0 Å². The van der Waals surface area contributed by atoms with E-state index in [0.29, 0.717) is 12.7 Å². The van der Waals surface area contributed by atoms with E-state index in [4.69, 9.17) is 9.57 Å². The Kier molecular flexibility index (Phi) is 3.30. The number of carbonyl (C=O) groups is 1. The summed E-state index contributed by atoms with van der Waals surface area (Å²) in [6, 6.07) is 9.78. The molecule has 2 fully saturated rings. The average Bonchev–Trinajstić information content (AvgIpc) is 3.02. The van der Waals surface area contributed by atoms with Crippen LogP contribution >= 0.6 is 0 Å². The SMILES string of the molecule is O=C(NOCc1ccccc1)[C@@H]1C[C@@H]2CC[C@H]1O2. The summed E-state index contributed by atoms with van der Waals surface area (Å²) in [5.74, 6) is -0.0716. The number of carbonyl (C=O) groups excluding carboxylic acids is 1. The van der Waals surface area contributed by atoms with Gasteiger partial charge in [0.25, 0.3) is 0 Å². The van der Waals surface area contributed by atoms with Gasteiger partial charge in [0.15, 0.2) is 0 Å². The lowest BCUT2D eigenvalue weighted by molar-refractivity contribution is -0.140. The molecule has 2 saturated heterocycles. The van der Waals surface area contributed by atoms with Crippen molar-refractivity contribution < 1.29 is 14.4 Å². The Bertz CT molecular complexity index is 420. The van der Waals surface area contributed by atoms with Crippen LogP contribution in [-0.4, -0.2) is 18.1 Å². The number of ether oxygens (including phenoxy) is 1. The monoisotopic (exact) mass is 247 g/mol. The van der Waals surface area contributed by atoms with Crippen LogP contribution in [-0.2, 0) is 21.0 Å². The quantitative estimate of drug-likeness (QED) is 0.825. The highest BCUT2D eigenvalue weighted by molar-refractivity contribution is 5.78. The Labute approximate surface area is 106 Å². The topological polar surface area (TPSA) is 47.6 Å². The predicted molar refractivity (Wildman–Crippen MR) is 65.4 cm³/mol. The van der Waals surface area contributed by atoms with Crippen molar-refractivity contribution in [3.8, 4) is 0 Å². The normalized spacial score (nSPS) is 29.4. The number of hydrogen-bond donors (Lipinski definition) is 1. The molecule has 0 saturated carbocycles. The van der Waals surface area contributed by atoms with E-state index in [-0.39, 0.29) is 17.9 Å². The molecule has 2 bridgehead atoms. The van der Waals surface area contributed by atoms with E-state index in [2.05, 4.69) is 5.48 Å². The molecule has 96 valence electrons.